The number of esters is 1. The molecule has 0 heterocycles. The molecule has 0 unspecified atom stereocenters. The number of amides is 1. The van der Waals surface area contributed by atoms with Crippen molar-refractivity contribution >= 4 is 40.5 Å². The lowest BCUT2D eigenvalue weighted by atomic mass is 9.82. The van der Waals surface area contributed by atoms with Crippen LogP contribution in [0.25, 0.3) is 0 Å². The van der Waals surface area contributed by atoms with Crippen LogP contribution in [0.4, 0.5) is 21.5 Å². The zero-order chi connectivity index (χ0) is 24.6. The number of nitrogens with two attached hydrogens (primary N) is 1. The zero-order valence-corrected chi connectivity index (χ0v) is 17.2. The van der Waals surface area contributed by atoms with Gasteiger partial charge in [-0.1, -0.05) is 24.3 Å². The SMILES string of the molecule is Nc1c(C(=O)OCC(=O)Nc2cc([N+](=O)[O-])ccc2F)ccc2c1C(=O)c1ccccc1C2=O. The largest absolute Gasteiger partial charge is 0.452 e. The second kappa shape index (κ2) is 8.54. The number of nitro groups is 1. The summed E-state index contributed by atoms with van der Waals surface area (Å²) in [4.78, 5) is 60.2. The monoisotopic (exact) mass is 463 g/mol. The van der Waals surface area contributed by atoms with Crippen molar-refractivity contribution in [2.75, 3.05) is 17.7 Å². The fraction of sp³-hybridized carbons (Fsp3) is 0.0435. The molecule has 34 heavy (non-hydrogen) atoms. The summed E-state index contributed by atoms with van der Waals surface area (Å²) in [6.45, 7) is -0.868. The highest BCUT2D eigenvalue weighted by molar-refractivity contribution is 6.30. The van der Waals surface area contributed by atoms with E-state index in [0.29, 0.717) is 0 Å². The number of carbonyl (C=O) groups excluding carboxylic acids is 4. The number of nitrogen functional groups attached to an aromatic ring is 1. The second-order valence-corrected chi connectivity index (χ2v) is 7.20. The van der Waals surface area contributed by atoms with E-state index in [1.807, 2.05) is 0 Å². The van der Waals surface area contributed by atoms with Gasteiger partial charge in [-0.2, -0.15) is 0 Å². The van der Waals surface area contributed by atoms with Crippen LogP contribution in [-0.4, -0.2) is 35.0 Å². The smallest absolute Gasteiger partial charge is 0.340 e. The summed E-state index contributed by atoms with van der Waals surface area (Å²) >= 11 is 0. The Bertz CT molecular complexity index is 1420. The third kappa shape index (κ3) is 3.86. The van der Waals surface area contributed by atoms with E-state index in [1.165, 1.54) is 24.3 Å². The highest BCUT2D eigenvalue weighted by Crippen LogP contribution is 2.33. The summed E-state index contributed by atoms with van der Waals surface area (Å²) in [7, 11) is 0. The number of rotatable bonds is 5. The van der Waals surface area contributed by atoms with Crippen LogP contribution in [0, 0.1) is 15.9 Å². The van der Waals surface area contributed by atoms with Crippen molar-refractivity contribution in [1.29, 1.82) is 0 Å². The van der Waals surface area contributed by atoms with E-state index in [0.717, 1.165) is 18.2 Å². The molecule has 1 aliphatic rings. The highest BCUT2D eigenvalue weighted by Gasteiger charge is 2.33. The molecule has 10 nitrogen and oxygen atoms in total. The topological polar surface area (TPSA) is 159 Å². The van der Waals surface area contributed by atoms with E-state index in [1.54, 1.807) is 12.1 Å². The van der Waals surface area contributed by atoms with Gasteiger partial charge in [-0.15, -0.1) is 0 Å². The maximum Gasteiger partial charge on any atom is 0.340 e. The number of fused-ring (bicyclic) bond motifs is 2. The molecule has 0 fully saturated rings. The van der Waals surface area contributed by atoms with Gasteiger partial charge in [-0.3, -0.25) is 24.5 Å². The molecule has 4 rings (SSSR count). The van der Waals surface area contributed by atoms with Crippen molar-refractivity contribution in [2.45, 2.75) is 0 Å². The molecule has 11 heteroatoms. The van der Waals surface area contributed by atoms with Gasteiger partial charge in [0.2, 0.25) is 0 Å². The third-order valence-electron chi connectivity index (χ3n) is 5.12. The number of ether oxygens (including phenoxy) is 1. The fourth-order valence-corrected chi connectivity index (χ4v) is 3.51. The Kier molecular flexibility index (Phi) is 5.60. The van der Waals surface area contributed by atoms with Gasteiger partial charge in [0, 0.05) is 28.8 Å². The Balaban J connectivity index is 1.51. The van der Waals surface area contributed by atoms with Crippen molar-refractivity contribution in [3.8, 4) is 0 Å². The van der Waals surface area contributed by atoms with Crippen LogP contribution in [0.1, 0.15) is 42.2 Å². The minimum atomic E-state index is -1.06. The van der Waals surface area contributed by atoms with E-state index in [2.05, 4.69) is 5.32 Å². The number of hydrogen-bond donors (Lipinski definition) is 2. The second-order valence-electron chi connectivity index (χ2n) is 7.20. The average Bonchev–Trinajstić information content (AvgIpc) is 2.82. The third-order valence-corrected chi connectivity index (χ3v) is 5.12. The van der Waals surface area contributed by atoms with Crippen molar-refractivity contribution in [3.63, 3.8) is 0 Å². The van der Waals surface area contributed by atoms with Crippen molar-refractivity contribution in [1.82, 2.24) is 0 Å². The lowest BCUT2D eigenvalue weighted by molar-refractivity contribution is -0.384. The van der Waals surface area contributed by atoms with Crippen LogP contribution in [0.2, 0.25) is 0 Å². The number of benzene rings is 3. The first-order valence-corrected chi connectivity index (χ1v) is 9.71. The number of carbonyl (C=O) groups is 4. The Morgan fingerprint density at radius 1 is 1.00 bits per heavy atom. The number of ketones is 2. The first kappa shape index (κ1) is 22.3. The van der Waals surface area contributed by atoms with Crippen LogP contribution < -0.4 is 11.1 Å². The van der Waals surface area contributed by atoms with Crippen molar-refractivity contribution in [3.05, 3.63) is 98.3 Å². The summed E-state index contributed by atoms with van der Waals surface area (Å²) in [6, 6.07) is 11.2. The normalized spacial score (nSPS) is 11.9. The molecule has 0 aliphatic heterocycles. The summed E-state index contributed by atoms with van der Waals surface area (Å²) in [5, 5.41) is 12.9. The molecular formula is C23H14FN3O7. The van der Waals surface area contributed by atoms with E-state index in [9.17, 15) is 33.7 Å². The van der Waals surface area contributed by atoms with Gasteiger partial charge in [-0.25, -0.2) is 9.18 Å². The molecule has 0 bridgehead atoms. The van der Waals surface area contributed by atoms with Gasteiger partial charge >= 0.3 is 5.97 Å². The molecule has 3 N–H and O–H groups in total. The molecule has 3 aromatic carbocycles. The first-order valence-electron chi connectivity index (χ1n) is 9.71. The summed E-state index contributed by atoms with van der Waals surface area (Å²) < 4.78 is 18.7. The summed E-state index contributed by atoms with van der Waals surface area (Å²) in [5.74, 6) is -3.90. The summed E-state index contributed by atoms with van der Waals surface area (Å²) in [6.07, 6.45) is 0. The van der Waals surface area contributed by atoms with Crippen LogP contribution in [-0.2, 0) is 9.53 Å². The fourth-order valence-electron chi connectivity index (χ4n) is 3.51. The standard InChI is InChI=1S/C23H14FN3O7/c24-16-8-5-11(27(32)33)9-17(16)26-18(28)10-34-23(31)15-7-6-14-19(20(15)25)22(30)13-4-2-1-3-12(13)21(14)29/h1-9H,10,25H2,(H,26,28). The number of anilines is 2. The minimum absolute atomic E-state index is 0.0386. The lowest BCUT2D eigenvalue weighted by Crippen LogP contribution is -2.25. The van der Waals surface area contributed by atoms with Crippen LogP contribution in [0.5, 0.6) is 0 Å². The van der Waals surface area contributed by atoms with Gasteiger partial charge in [0.1, 0.15) is 5.82 Å². The maximum absolute atomic E-state index is 13.8. The molecule has 0 atom stereocenters. The van der Waals surface area contributed by atoms with Gasteiger partial charge < -0.3 is 15.8 Å². The number of nitrogens with zero attached hydrogens (tertiary/aromatic N) is 1. The van der Waals surface area contributed by atoms with Gasteiger partial charge in [0.05, 0.1) is 27.4 Å². The Labute approximate surface area is 190 Å². The van der Waals surface area contributed by atoms with Crippen LogP contribution in [0.15, 0.2) is 54.6 Å². The number of hydrogen-bond acceptors (Lipinski definition) is 8. The van der Waals surface area contributed by atoms with Crippen LogP contribution in [0.3, 0.4) is 0 Å². The molecular weight excluding hydrogens is 449 g/mol. The molecule has 0 saturated heterocycles. The Morgan fingerprint density at radius 3 is 2.35 bits per heavy atom. The van der Waals surface area contributed by atoms with E-state index < -0.39 is 52.2 Å². The number of non-ortho nitro benzene ring substituents is 1. The predicted molar refractivity (Wildman–Crippen MR) is 116 cm³/mol. The van der Waals surface area contributed by atoms with E-state index in [4.69, 9.17) is 10.5 Å². The maximum atomic E-state index is 13.8. The molecule has 1 aliphatic carbocycles. The molecule has 0 saturated carbocycles. The van der Waals surface area contributed by atoms with Gasteiger partial charge in [0.25, 0.3) is 11.6 Å². The molecule has 170 valence electrons. The Hall–Kier alpha value is -4.93. The first-order chi connectivity index (χ1) is 16.2. The van der Waals surface area contributed by atoms with Gasteiger partial charge in [0.15, 0.2) is 18.2 Å². The van der Waals surface area contributed by atoms with E-state index >= 15 is 0 Å². The molecule has 3 aromatic rings. The molecule has 1 amide bonds. The number of halogens is 1. The number of nitro benzene ring substituents is 1. The minimum Gasteiger partial charge on any atom is -0.452 e. The van der Waals surface area contributed by atoms with Crippen LogP contribution >= 0.6 is 0 Å². The zero-order valence-electron chi connectivity index (χ0n) is 17.2. The van der Waals surface area contributed by atoms with Crippen molar-refractivity contribution in [2.24, 2.45) is 0 Å². The highest BCUT2D eigenvalue weighted by atomic mass is 19.1. The summed E-state index contributed by atoms with van der Waals surface area (Å²) in [5.41, 5.74) is 4.86. The average molecular weight is 463 g/mol. The van der Waals surface area contributed by atoms with E-state index in [-0.39, 0.29) is 33.5 Å². The molecule has 0 aromatic heterocycles. The number of nitrogens with one attached hydrogen (secondary N) is 1. The Morgan fingerprint density at radius 2 is 1.68 bits per heavy atom. The quantitative estimate of drug-likeness (QED) is 0.198. The predicted octanol–water partition coefficient (Wildman–Crippen LogP) is 2.89. The molecule has 0 radical (unpaired) electrons. The lowest BCUT2D eigenvalue weighted by Gasteiger charge is -2.20. The van der Waals surface area contributed by atoms with Gasteiger partial charge in [-0.05, 0) is 18.2 Å². The van der Waals surface area contributed by atoms with Crippen molar-refractivity contribution < 1.29 is 33.2 Å². The molecule has 0 spiro atoms.